The lowest BCUT2D eigenvalue weighted by molar-refractivity contribution is 0.564. The molecule has 0 spiro atoms. The number of hydrogen-bond donors (Lipinski definition) is 1. The van der Waals surface area contributed by atoms with Gasteiger partial charge in [0.05, 0.1) is 0 Å². The molecule has 1 aromatic rings. The second-order valence-corrected chi connectivity index (χ2v) is 5.10. The summed E-state index contributed by atoms with van der Waals surface area (Å²) in [6.45, 7) is 0. The summed E-state index contributed by atoms with van der Waals surface area (Å²) >= 11 is 5.54. The van der Waals surface area contributed by atoms with Gasteiger partial charge in [0, 0.05) is 15.4 Å². The van der Waals surface area contributed by atoms with E-state index in [0.717, 1.165) is 0 Å². The summed E-state index contributed by atoms with van der Waals surface area (Å²) in [6.07, 6.45) is 1.23. The van der Waals surface area contributed by atoms with Gasteiger partial charge in [0.15, 0.2) is 0 Å². The van der Waals surface area contributed by atoms with Gasteiger partial charge in [-0.05, 0) is 46.8 Å². The van der Waals surface area contributed by atoms with Crippen LogP contribution in [0.3, 0.4) is 0 Å². The van der Waals surface area contributed by atoms with Crippen LogP contribution in [0.5, 0.6) is 0 Å². The third-order valence-electron chi connectivity index (χ3n) is 2.37. The maximum Gasteiger partial charge on any atom is 0.0337 e. The largest absolute Gasteiger partial charge is 0.313 e. The molecule has 0 saturated heterocycles. The topological polar surface area (TPSA) is 12.0 Å². The highest BCUT2D eigenvalue weighted by Crippen LogP contribution is 2.40. The number of nitrogens with one attached hydrogen (secondary N) is 1. The Bertz CT molecular complexity index is 314. The van der Waals surface area contributed by atoms with Crippen molar-refractivity contribution in [3.05, 3.63) is 28.2 Å². The minimum absolute atomic E-state index is 0.536. The van der Waals surface area contributed by atoms with Crippen molar-refractivity contribution < 1.29 is 0 Å². The summed E-state index contributed by atoms with van der Waals surface area (Å²) in [5.74, 6) is 1.21. The van der Waals surface area contributed by atoms with E-state index in [1.54, 1.807) is 0 Å². The van der Waals surface area contributed by atoms with E-state index in [4.69, 9.17) is 0 Å². The van der Waals surface area contributed by atoms with Crippen LogP contribution in [0.2, 0.25) is 0 Å². The van der Waals surface area contributed by atoms with Crippen LogP contribution in [0.1, 0.15) is 18.0 Å². The first-order chi connectivity index (χ1) is 6.33. The van der Waals surface area contributed by atoms with Crippen LogP contribution >= 0.6 is 27.7 Å². The van der Waals surface area contributed by atoms with Crippen molar-refractivity contribution in [2.24, 2.45) is 0 Å². The number of benzene rings is 1. The molecule has 3 heteroatoms. The normalized spacial score (nSPS) is 21.2. The smallest absolute Gasteiger partial charge is 0.0337 e. The molecule has 0 radical (unpaired) electrons. The van der Waals surface area contributed by atoms with Gasteiger partial charge in [-0.1, -0.05) is 12.1 Å². The molecule has 1 unspecified atom stereocenters. The lowest BCUT2D eigenvalue weighted by Crippen LogP contribution is -2.20. The lowest BCUT2D eigenvalue weighted by Gasteiger charge is -2.25. The summed E-state index contributed by atoms with van der Waals surface area (Å²) in [5, 5.41) is 3.35. The van der Waals surface area contributed by atoms with Gasteiger partial charge in [-0.3, -0.25) is 0 Å². The van der Waals surface area contributed by atoms with Crippen LogP contribution in [0, 0.1) is 0 Å². The highest BCUT2D eigenvalue weighted by molar-refractivity contribution is 9.10. The van der Waals surface area contributed by atoms with Gasteiger partial charge in [-0.25, -0.2) is 0 Å². The van der Waals surface area contributed by atoms with Crippen LogP contribution in [0.15, 0.2) is 27.6 Å². The zero-order valence-corrected chi connectivity index (χ0v) is 9.91. The van der Waals surface area contributed by atoms with Gasteiger partial charge < -0.3 is 5.32 Å². The fourth-order valence-electron chi connectivity index (χ4n) is 1.69. The molecule has 70 valence electrons. The van der Waals surface area contributed by atoms with E-state index in [9.17, 15) is 0 Å². The third-order valence-corrected chi connectivity index (χ3v) is 4.48. The molecule has 1 aliphatic heterocycles. The molecule has 0 bridgehead atoms. The van der Waals surface area contributed by atoms with Crippen molar-refractivity contribution in [2.45, 2.75) is 17.4 Å². The molecule has 1 atom stereocenters. The first-order valence-corrected chi connectivity index (χ1v) is 6.19. The molecule has 0 fully saturated rings. The van der Waals surface area contributed by atoms with Crippen molar-refractivity contribution in [2.75, 3.05) is 12.8 Å². The molecule has 1 aliphatic rings. The molecule has 0 aromatic heterocycles. The second-order valence-electron chi connectivity index (χ2n) is 3.14. The molecule has 1 aromatic carbocycles. The molecule has 1 N–H and O–H groups in total. The maximum absolute atomic E-state index is 3.59. The summed E-state index contributed by atoms with van der Waals surface area (Å²) in [7, 11) is 2.03. The fourth-order valence-corrected chi connectivity index (χ4v) is 3.55. The van der Waals surface area contributed by atoms with Crippen LogP contribution in [-0.4, -0.2) is 12.8 Å². The molecule has 1 heterocycles. The summed E-state index contributed by atoms with van der Waals surface area (Å²) in [6, 6.07) is 6.98. The third kappa shape index (κ3) is 1.78. The number of rotatable bonds is 1. The van der Waals surface area contributed by atoms with Gasteiger partial charge in [-0.15, -0.1) is 11.8 Å². The van der Waals surface area contributed by atoms with Gasteiger partial charge in [0.2, 0.25) is 0 Å². The van der Waals surface area contributed by atoms with E-state index in [1.165, 1.54) is 27.1 Å². The van der Waals surface area contributed by atoms with Crippen molar-refractivity contribution in [3.8, 4) is 0 Å². The molecular formula is C10H12BrNS. The highest BCUT2D eigenvalue weighted by Gasteiger charge is 2.20. The first-order valence-electron chi connectivity index (χ1n) is 4.41. The second kappa shape index (κ2) is 4.03. The van der Waals surface area contributed by atoms with E-state index < -0.39 is 0 Å². The summed E-state index contributed by atoms with van der Waals surface area (Å²) in [5.41, 5.74) is 1.44. The number of fused-ring (bicyclic) bond motifs is 1. The van der Waals surface area contributed by atoms with Crippen LogP contribution in [0.4, 0.5) is 0 Å². The van der Waals surface area contributed by atoms with E-state index in [2.05, 4.69) is 39.4 Å². The van der Waals surface area contributed by atoms with Gasteiger partial charge >= 0.3 is 0 Å². The zero-order valence-electron chi connectivity index (χ0n) is 7.51. The fraction of sp³-hybridized carbons (Fsp3) is 0.400. The molecule has 2 rings (SSSR count). The van der Waals surface area contributed by atoms with Crippen LogP contribution < -0.4 is 5.32 Å². The number of halogens is 1. The Hall–Kier alpha value is 0.0100. The Kier molecular flexibility index (Phi) is 2.96. The predicted molar refractivity (Wildman–Crippen MR) is 61.3 cm³/mol. The first kappa shape index (κ1) is 9.56. The zero-order chi connectivity index (χ0) is 9.26. The predicted octanol–water partition coefficient (Wildman–Crippen LogP) is 3.21. The monoisotopic (exact) mass is 257 g/mol. The number of thioether (sulfide) groups is 1. The molecular weight excluding hydrogens is 246 g/mol. The van der Waals surface area contributed by atoms with Crippen molar-refractivity contribution in [3.63, 3.8) is 0 Å². The number of hydrogen-bond acceptors (Lipinski definition) is 2. The van der Waals surface area contributed by atoms with E-state index in [-0.39, 0.29) is 0 Å². The van der Waals surface area contributed by atoms with E-state index in [1.807, 2.05) is 18.8 Å². The Balaban J connectivity index is 2.45. The molecule has 1 nitrogen and oxygen atoms in total. The quantitative estimate of drug-likeness (QED) is 0.830. The van der Waals surface area contributed by atoms with Gasteiger partial charge in [-0.2, -0.15) is 0 Å². The van der Waals surface area contributed by atoms with Gasteiger partial charge in [0.1, 0.15) is 0 Å². The minimum Gasteiger partial charge on any atom is -0.313 e. The Morgan fingerprint density at radius 3 is 3.15 bits per heavy atom. The summed E-state index contributed by atoms with van der Waals surface area (Å²) in [4.78, 5) is 1.41. The van der Waals surface area contributed by atoms with Crippen LogP contribution in [0.25, 0.3) is 0 Å². The van der Waals surface area contributed by atoms with Crippen molar-refractivity contribution in [1.82, 2.24) is 5.32 Å². The van der Waals surface area contributed by atoms with E-state index in [0.29, 0.717) is 6.04 Å². The molecule has 0 saturated carbocycles. The Morgan fingerprint density at radius 1 is 1.54 bits per heavy atom. The van der Waals surface area contributed by atoms with E-state index >= 15 is 0 Å². The minimum atomic E-state index is 0.536. The molecule has 0 aliphatic carbocycles. The average Bonchev–Trinajstić information content (AvgIpc) is 2.18. The SMILES string of the molecule is CNC1CCSc2c(Br)cccc21. The maximum atomic E-state index is 3.59. The standard InChI is InChI=1S/C10H12BrNS/c1-12-9-5-6-13-10-7(9)3-2-4-8(10)11/h2-4,9,12H,5-6H2,1H3. The average molecular weight is 258 g/mol. The van der Waals surface area contributed by atoms with Crippen molar-refractivity contribution >= 4 is 27.7 Å². The van der Waals surface area contributed by atoms with Crippen LogP contribution in [-0.2, 0) is 0 Å². The summed E-state index contributed by atoms with van der Waals surface area (Å²) < 4.78 is 1.23. The molecule has 0 amide bonds. The lowest BCUT2D eigenvalue weighted by atomic mass is 10.0. The van der Waals surface area contributed by atoms with Gasteiger partial charge in [0.25, 0.3) is 0 Å². The van der Waals surface area contributed by atoms with Crippen molar-refractivity contribution in [1.29, 1.82) is 0 Å². The molecule has 13 heavy (non-hydrogen) atoms. The Labute approximate surface area is 91.4 Å². The highest BCUT2D eigenvalue weighted by atomic mass is 79.9. The Morgan fingerprint density at radius 2 is 2.38 bits per heavy atom.